The summed E-state index contributed by atoms with van der Waals surface area (Å²) in [5.74, 6) is -0.425. The molecule has 4 unspecified atom stereocenters. The quantitative estimate of drug-likeness (QED) is 0.0274. The topological polar surface area (TPSA) is 151 Å². The maximum Gasteiger partial charge on any atom is 0.472 e. The van der Waals surface area contributed by atoms with E-state index in [4.69, 9.17) is 14.8 Å². The number of aliphatic hydroxyl groups excluding tert-OH is 2. The zero-order chi connectivity index (χ0) is 32.7. The predicted molar refractivity (Wildman–Crippen MR) is 181 cm³/mol. The van der Waals surface area contributed by atoms with Gasteiger partial charge in [0.15, 0.2) is 0 Å². The van der Waals surface area contributed by atoms with Gasteiger partial charge in [-0.05, 0) is 38.5 Å². The van der Waals surface area contributed by atoms with Crippen LogP contribution in [0.1, 0.15) is 162 Å². The molecule has 0 radical (unpaired) electrons. The lowest BCUT2D eigenvalue weighted by Crippen LogP contribution is -2.47. The van der Waals surface area contributed by atoms with Crippen molar-refractivity contribution in [1.29, 1.82) is 0 Å². The molecule has 0 bridgehead atoms. The van der Waals surface area contributed by atoms with E-state index in [2.05, 4.69) is 31.3 Å². The highest BCUT2D eigenvalue weighted by molar-refractivity contribution is 7.47. The molecule has 0 rings (SSSR count). The Bertz CT molecular complexity index is 726. The summed E-state index contributed by atoms with van der Waals surface area (Å²) >= 11 is 0. The van der Waals surface area contributed by atoms with E-state index in [1.165, 1.54) is 77.0 Å². The maximum absolute atomic E-state index is 12.7. The fourth-order valence-corrected chi connectivity index (χ4v) is 5.93. The standard InChI is InChI=1S/C34H69N2O7P/c1-3-5-7-9-11-13-15-16-18-20-22-24-26-33(38)32(30-43-44(40,41)42-28-27-35)36-34(39)29-31(37)25-23-21-19-17-14-12-10-8-6-4-2/h12,14,31-33,37-38H,3-11,13,15-30,35H2,1-2H3,(H,36,39)(H,40,41)/b14-12-. The molecule has 0 aromatic rings. The summed E-state index contributed by atoms with van der Waals surface area (Å²) in [7, 11) is -4.36. The van der Waals surface area contributed by atoms with Crippen molar-refractivity contribution in [1.82, 2.24) is 5.32 Å². The highest BCUT2D eigenvalue weighted by Crippen LogP contribution is 2.43. The Morgan fingerprint density at radius 3 is 1.80 bits per heavy atom. The second-order valence-electron chi connectivity index (χ2n) is 12.3. The number of nitrogens with two attached hydrogens (primary N) is 1. The first kappa shape index (κ1) is 43.2. The number of phosphoric ester groups is 1. The monoisotopic (exact) mass is 648 g/mol. The molecule has 0 aliphatic carbocycles. The Balaban J connectivity index is 4.45. The van der Waals surface area contributed by atoms with Crippen molar-refractivity contribution in [3.63, 3.8) is 0 Å². The van der Waals surface area contributed by atoms with Crippen molar-refractivity contribution >= 4 is 13.7 Å². The summed E-state index contributed by atoms with van der Waals surface area (Å²) < 4.78 is 22.0. The maximum atomic E-state index is 12.7. The summed E-state index contributed by atoms with van der Waals surface area (Å²) in [4.78, 5) is 22.6. The Kier molecular flexibility index (Phi) is 30.3. The van der Waals surface area contributed by atoms with E-state index in [1.807, 2.05) is 0 Å². The van der Waals surface area contributed by atoms with Crippen LogP contribution >= 0.6 is 7.82 Å². The number of aliphatic hydroxyl groups is 2. The van der Waals surface area contributed by atoms with Gasteiger partial charge in [-0.2, -0.15) is 0 Å². The third kappa shape index (κ3) is 28.7. The van der Waals surface area contributed by atoms with Gasteiger partial charge in [0.05, 0.1) is 37.9 Å². The molecule has 0 saturated carbocycles. The predicted octanol–water partition coefficient (Wildman–Crippen LogP) is 7.85. The molecule has 0 fully saturated rings. The van der Waals surface area contributed by atoms with E-state index < -0.39 is 32.0 Å². The van der Waals surface area contributed by atoms with E-state index in [0.29, 0.717) is 12.8 Å². The van der Waals surface area contributed by atoms with Crippen LogP contribution < -0.4 is 11.1 Å². The molecule has 9 nitrogen and oxygen atoms in total. The highest BCUT2D eigenvalue weighted by Gasteiger charge is 2.28. The number of hydrogen-bond donors (Lipinski definition) is 5. The van der Waals surface area contributed by atoms with Gasteiger partial charge < -0.3 is 26.2 Å². The normalized spacial score (nSPS) is 15.3. The minimum atomic E-state index is -4.36. The molecule has 0 aliphatic heterocycles. The molecule has 0 aromatic carbocycles. The van der Waals surface area contributed by atoms with E-state index in [9.17, 15) is 24.5 Å². The fourth-order valence-electron chi connectivity index (χ4n) is 5.17. The number of rotatable bonds is 33. The molecule has 0 aliphatic rings. The van der Waals surface area contributed by atoms with Crippen molar-refractivity contribution in [3.05, 3.63) is 12.2 Å². The van der Waals surface area contributed by atoms with Crippen LogP contribution in [0.5, 0.6) is 0 Å². The molecule has 6 N–H and O–H groups in total. The molecule has 4 atom stereocenters. The molecule has 262 valence electrons. The summed E-state index contributed by atoms with van der Waals surface area (Å²) in [5.41, 5.74) is 5.34. The minimum absolute atomic E-state index is 0.0588. The van der Waals surface area contributed by atoms with Crippen LogP contribution in [-0.2, 0) is 18.4 Å². The first-order chi connectivity index (χ1) is 21.3. The largest absolute Gasteiger partial charge is 0.472 e. The lowest BCUT2D eigenvalue weighted by Gasteiger charge is -2.25. The third-order valence-corrected chi connectivity index (χ3v) is 8.91. The highest BCUT2D eigenvalue weighted by atomic mass is 31.2. The molecule has 0 heterocycles. The van der Waals surface area contributed by atoms with Crippen LogP contribution in [0.15, 0.2) is 12.2 Å². The number of allylic oxidation sites excluding steroid dienone is 2. The summed E-state index contributed by atoms with van der Waals surface area (Å²) in [6.45, 7) is 3.97. The summed E-state index contributed by atoms with van der Waals surface area (Å²) in [6.07, 6.45) is 26.9. The van der Waals surface area contributed by atoms with Gasteiger partial charge in [-0.25, -0.2) is 4.57 Å². The number of amides is 1. The van der Waals surface area contributed by atoms with Gasteiger partial charge in [0.1, 0.15) is 0 Å². The Morgan fingerprint density at radius 1 is 0.750 bits per heavy atom. The molecule has 44 heavy (non-hydrogen) atoms. The zero-order valence-electron chi connectivity index (χ0n) is 28.3. The van der Waals surface area contributed by atoms with Gasteiger partial charge in [0, 0.05) is 6.54 Å². The van der Waals surface area contributed by atoms with Crippen LogP contribution in [0.3, 0.4) is 0 Å². The van der Waals surface area contributed by atoms with E-state index in [-0.39, 0.29) is 26.2 Å². The molecule has 1 amide bonds. The van der Waals surface area contributed by atoms with Gasteiger partial charge in [-0.3, -0.25) is 13.8 Å². The van der Waals surface area contributed by atoms with Crippen molar-refractivity contribution in [3.8, 4) is 0 Å². The number of phosphoric acid groups is 1. The molecule has 0 saturated heterocycles. The number of carbonyl (C=O) groups excluding carboxylic acids is 1. The molecular formula is C34H69N2O7P. The van der Waals surface area contributed by atoms with E-state index in [1.54, 1.807) is 0 Å². The van der Waals surface area contributed by atoms with Crippen LogP contribution in [0.4, 0.5) is 0 Å². The zero-order valence-corrected chi connectivity index (χ0v) is 29.2. The van der Waals surface area contributed by atoms with Gasteiger partial charge in [0.2, 0.25) is 5.91 Å². The second kappa shape index (κ2) is 30.8. The average molecular weight is 649 g/mol. The molecule has 10 heteroatoms. The van der Waals surface area contributed by atoms with Gasteiger partial charge in [-0.1, -0.05) is 129 Å². The summed E-state index contributed by atoms with van der Waals surface area (Å²) in [5, 5.41) is 23.9. The van der Waals surface area contributed by atoms with Crippen LogP contribution in [0.25, 0.3) is 0 Å². The van der Waals surface area contributed by atoms with Crippen molar-refractivity contribution in [2.75, 3.05) is 19.8 Å². The number of carbonyl (C=O) groups is 1. The molecule has 0 spiro atoms. The lowest BCUT2D eigenvalue weighted by molar-refractivity contribution is -0.125. The molecule has 0 aromatic heterocycles. The average Bonchev–Trinajstić information content (AvgIpc) is 2.99. The van der Waals surface area contributed by atoms with E-state index >= 15 is 0 Å². The number of nitrogens with one attached hydrogen (secondary N) is 1. The van der Waals surface area contributed by atoms with Crippen LogP contribution in [-0.4, -0.2) is 59.0 Å². The fraction of sp³-hybridized carbons (Fsp3) is 0.912. The van der Waals surface area contributed by atoms with Gasteiger partial charge >= 0.3 is 7.82 Å². The Morgan fingerprint density at radius 2 is 1.23 bits per heavy atom. The van der Waals surface area contributed by atoms with Crippen LogP contribution in [0, 0.1) is 0 Å². The lowest BCUT2D eigenvalue weighted by atomic mass is 10.0. The molecular weight excluding hydrogens is 579 g/mol. The van der Waals surface area contributed by atoms with Crippen molar-refractivity contribution in [2.24, 2.45) is 5.73 Å². The van der Waals surface area contributed by atoms with Crippen molar-refractivity contribution in [2.45, 2.75) is 180 Å². The third-order valence-electron chi connectivity index (χ3n) is 7.92. The Hall–Kier alpha value is -0.800. The first-order valence-electron chi connectivity index (χ1n) is 17.9. The number of hydrogen-bond acceptors (Lipinski definition) is 7. The SMILES string of the molecule is CCCCC/C=C\CCCCCC(O)CC(=O)NC(COP(=O)(O)OCCN)C(O)CCCCCCCCCCCCCC. The van der Waals surface area contributed by atoms with Gasteiger partial charge in [0.25, 0.3) is 0 Å². The van der Waals surface area contributed by atoms with Gasteiger partial charge in [-0.15, -0.1) is 0 Å². The first-order valence-corrected chi connectivity index (χ1v) is 19.4. The Labute approximate surface area is 269 Å². The smallest absolute Gasteiger partial charge is 0.393 e. The van der Waals surface area contributed by atoms with Crippen LogP contribution in [0.2, 0.25) is 0 Å². The van der Waals surface area contributed by atoms with Crippen molar-refractivity contribution < 1.29 is 33.5 Å². The summed E-state index contributed by atoms with van der Waals surface area (Å²) in [6, 6.07) is -0.895. The van der Waals surface area contributed by atoms with E-state index in [0.717, 1.165) is 51.4 Å². The second-order valence-corrected chi connectivity index (χ2v) is 13.7. The number of unbranched alkanes of at least 4 members (excludes halogenated alkanes) is 17. The minimum Gasteiger partial charge on any atom is -0.393 e.